The standard InChI is InChI=1S/C11H7F2N3O2S/c12-6-1-2-9(8(13)3-6)19-11-5-7(16(17)18)4-10(14)15-11/h1-5H,(H2,14,15). The Morgan fingerprint density at radius 2 is 2.00 bits per heavy atom. The molecule has 2 N–H and O–H groups in total. The van der Waals surface area contributed by atoms with Crippen molar-refractivity contribution in [2.24, 2.45) is 0 Å². The minimum Gasteiger partial charge on any atom is -0.383 e. The molecule has 0 atom stereocenters. The van der Waals surface area contributed by atoms with Crippen LogP contribution < -0.4 is 5.73 Å². The van der Waals surface area contributed by atoms with Crippen molar-refractivity contribution in [2.75, 3.05) is 5.73 Å². The first-order valence-electron chi connectivity index (χ1n) is 5.00. The highest BCUT2D eigenvalue weighted by Crippen LogP contribution is 2.31. The molecule has 0 unspecified atom stereocenters. The molecule has 0 aliphatic rings. The van der Waals surface area contributed by atoms with E-state index in [-0.39, 0.29) is 21.4 Å². The van der Waals surface area contributed by atoms with E-state index in [0.29, 0.717) is 0 Å². The lowest BCUT2D eigenvalue weighted by molar-refractivity contribution is -0.385. The fourth-order valence-corrected chi connectivity index (χ4v) is 2.19. The van der Waals surface area contributed by atoms with Gasteiger partial charge >= 0.3 is 0 Å². The number of nitro groups is 1. The quantitative estimate of drug-likeness (QED) is 0.691. The monoisotopic (exact) mass is 283 g/mol. The summed E-state index contributed by atoms with van der Waals surface area (Å²) in [6, 6.07) is 5.32. The number of nitrogen functional groups attached to an aromatic ring is 1. The van der Waals surface area contributed by atoms with Gasteiger partial charge in [0.25, 0.3) is 5.69 Å². The Balaban J connectivity index is 2.35. The predicted molar refractivity (Wildman–Crippen MR) is 65.8 cm³/mol. The first-order chi connectivity index (χ1) is 8.95. The third kappa shape index (κ3) is 3.16. The second kappa shape index (κ2) is 5.19. The fourth-order valence-electron chi connectivity index (χ4n) is 1.34. The average Bonchev–Trinajstić information content (AvgIpc) is 2.32. The first-order valence-corrected chi connectivity index (χ1v) is 5.82. The SMILES string of the molecule is Nc1cc([N+](=O)[O-])cc(Sc2ccc(F)cc2F)n1. The maximum absolute atomic E-state index is 13.4. The lowest BCUT2D eigenvalue weighted by Gasteiger charge is -2.03. The number of nitrogens with two attached hydrogens (primary N) is 1. The Labute approximate surface area is 110 Å². The molecule has 19 heavy (non-hydrogen) atoms. The number of nitrogens with zero attached hydrogens (tertiary/aromatic N) is 2. The van der Waals surface area contributed by atoms with Crippen LogP contribution in [-0.4, -0.2) is 9.91 Å². The Bertz CT molecular complexity index is 652. The Morgan fingerprint density at radius 3 is 2.63 bits per heavy atom. The predicted octanol–water partition coefficient (Wildman–Crippen LogP) is 3.00. The van der Waals surface area contributed by atoms with Crippen LogP contribution in [0, 0.1) is 21.7 Å². The van der Waals surface area contributed by atoms with Crippen LogP contribution in [0.2, 0.25) is 0 Å². The molecule has 2 aromatic rings. The number of halogens is 2. The molecule has 1 heterocycles. The van der Waals surface area contributed by atoms with E-state index in [9.17, 15) is 18.9 Å². The van der Waals surface area contributed by atoms with Gasteiger partial charge in [0.2, 0.25) is 0 Å². The van der Waals surface area contributed by atoms with Crippen LogP contribution in [-0.2, 0) is 0 Å². The summed E-state index contributed by atoms with van der Waals surface area (Å²) in [6.45, 7) is 0. The largest absolute Gasteiger partial charge is 0.383 e. The summed E-state index contributed by atoms with van der Waals surface area (Å²) in [6.07, 6.45) is 0. The van der Waals surface area contributed by atoms with Gasteiger partial charge in [-0.2, -0.15) is 0 Å². The molecule has 0 amide bonds. The molecule has 0 aliphatic carbocycles. The molecule has 1 aromatic carbocycles. The van der Waals surface area contributed by atoms with Gasteiger partial charge in [0.15, 0.2) is 0 Å². The molecule has 0 saturated heterocycles. The number of hydrogen-bond donors (Lipinski definition) is 1. The third-order valence-electron chi connectivity index (χ3n) is 2.13. The molecule has 0 spiro atoms. The van der Waals surface area contributed by atoms with Gasteiger partial charge in [-0.15, -0.1) is 0 Å². The Kier molecular flexibility index (Phi) is 3.61. The maximum Gasteiger partial charge on any atom is 0.275 e. The van der Waals surface area contributed by atoms with Crippen LogP contribution in [0.25, 0.3) is 0 Å². The van der Waals surface area contributed by atoms with E-state index in [1.165, 1.54) is 12.1 Å². The highest BCUT2D eigenvalue weighted by molar-refractivity contribution is 7.99. The molecular weight excluding hydrogens is 276 g/mol. The number of hydrogen-bond acceptors (Lipinski definition) is 5. The van der Waals surface area contributed by atoms with E-state index in [0.717, 1.165) is 30.0 Å². The van der Waals surface area contributed by atoms with Crippen LogP contribution >= 0.6 is 11.8 Å². The van der Waals surface area contributed by atoms with Crippen molar-refractivity contribution in [1.82, 2.24) is 4.98 Å². The van der Waals surface area contributed by atoms with Gasteiger partial charge in [0, 0.05) is 17.0 Å². The van der Waals surface area contributed by atoms with Crippen LogP contribution in [0.15, 0.2) is 40.3 Å². The molecule has 1 aromatic heterocycles. The summed E-state index contributed by atoms with van der Waals surface area (Å²) in [4.78, 5) is 14.0. The van der Waals surface area contributed by atoms with E-state index in [1.54, 1.807) is 0 Å². The van der Waals surface area contributed by atoms with Crippen molar-refractivity contribution < 1.29 is 13.7 Å². The highest BCUT2D eigenvalue weighted by Gasteiger charge is 2.12. The maximum atomic E-state index is 13.4. The second-order valence-corrected chi connectivity index (χ2v) is 4.58. The van der Waals surface area contributed by atoms with Gasteiger partial charge in [-0.05, 0) is 12.1 Å². The number of benzene rings is 1. The zero-order chi connectivity index (χ0) is 14.0. The van der Waals surface area contributed by atoms with E-state index in [4.69, 9.17) is 5.73 Å². The molecule has 2 rings (SSSR count). The minimum atomic E-state index is -0.767. The number of pyridine rings is 1. The number of rotatable bonds is 3. The Morgan fingerprint density at radius 1 is 1.26 bits per heavy atom. The van der Waals surface area contributed by atoms with Gasteiger partial charge in [0.05, 0.1) is 11.0 Å². The van der Waals surface area contributed by atoms with Gasteiger partial charge in [-0.25, -0.2) is 13.8 Å². The number of anilines is 1. The molecule has 5 nitrogen and oxygen atoms in total. The smallest absolute Gasteiger partial charge is 0.275 e. The molecular formula is C11H7F2N3O2S. The first kappa shape index (κ1) is 13.2. The van der Waals surface area contributed by atoms with Gasteiger partial charge in [-0.1, -0.05) is 11.8 Å². The van der Waals surface area contributed by atoms with Crippen molar-refractivity contribution in [3.63, 3.8) is 0 Å². The van der Waals surface area contributed by atoms with E-state index < -0.39 is 16.6 Å². The topological polar surface area (TPSA) is 82.0 Å². The van der Waals surface area contributed by atoms with E-state index in [2.05, 4.69) is 4.98 Å². The molecule has 0 aliphatic heterocycles. The molecule has 0 radical (unpaired) electrons. The van der Waals surface area contributed by atoms with Crippen molar-refractivity contribution >= 4 is 23.3 Å². The van der Waals surface area contributed by atoms with Crippen LogP contribution in [0.4, 0.5) is 20.3 Å². The molecule has 8 heteroatoms. The molecule has 0 saturated carbocycles. The van der Waals surface area contributed by atoms with Gasteiger partial charge in [0.1, 0.15) is 22.5 Å². The molecule has 98 valence electrons. The van der Waals surface area contributed by atoms with E-state index in [1.807, 2.05) is 0 Å². The summed E-state index contributed by atoms with van der Waals surface area (Å²) in [5.41, 5.74) is 5.19. The lowest BCUT2D eigenvalue weighted by Crippen LogP contribution is -1.96. The summed E-state index contributed by atoms with van der Waals surface area (Å²) >= 11 is 0.831. The zero-order valence-corrected chi connectivity index (χ0v) is 10.2. The van der Waals surface area contributed by atoms with Crippen molar-refractivity contribution in [3.8, 4) is 0 Å². The lowest BCUT2D eigenvalue weighted by atomic mass is 10.3. The van der Waals surface area contributed by atoms with Gasteiger partial charge < -0.3 is 5.73 Å². The Hall–Kier alpha value is -2.22. The third-order valence-corrected chi connectivity index (χ3v) is 3.09. The summed E-state index contributed by atoms with van der Waals surface area (Å²) in [5.74, 6) is -1.51. The fraction of sp³-hybridized carbons (Fsp3) is 0. The molecule has 0 fully saturated rings. The van der Waals surface area contributed by atoms with Crippen molar-refractivity contribution in [2.45, 2.75) is 9.92 Å². The number of aromatic nitrogens is 1. The minimum absolute atomic E-state index is 0.0424. The second-order valence-electron chi connectivity index (χ2n) is 3.52. The average molecular weight is 283 g/mol. The summed E-state index contributed by atoms with van der Waals surface area (Å²) < 4.78 is 26.2. The highest BCUT2D eigenvalue weighted by atomic mass is 32.2. The summed E-state index contributed by atoms with van der Waals surface area (Å²) in [5, 5.41) is 10.8. The van der Waals surface area contributed by atoms with Crippen molar-refractivity contribution in [3.05, 3.63) is 52.1 Å². The van der Waals surface area contributed by atoms with Crippen LogP contribution in [0.1, 0.15) is 0 Å². The normalized spacial score (nSPS) is 10.4. The molecule has 0 bridgehead atoms. The van der Waals surface area contributed by atoms with Crippen LogP contribution in [0.3, 0.4) is 0 Å². The van der Waals surface area contributed by atoms with Gasteiger partial charge in [-0.3, -0.25) is 10.1 Å². The summed E-state index contributed by atoms with van der Waals surface area (Å²) in [7, 11) is 0. The van der Waals surface area contributed by atoms with E-state index >= 15 is 0 Å². The van der Waals surface area contributed by atoms with Crippen LogP contribution in [0.5, 0.6) is 0 Å². The zero-order valence-electron chi connectivity index (χ0n) is 9.34. The van der Waals surface area contributed by atoms with Crippen molar-refractivity contribution in [1.29, 1.82) is 0 Å².